The van der Waals surface area contributed by atoms with Gasteiger partial charge in [0.1, 0.15) is 5.60 Å². The van der Waals surface area contributed by atoms with Gasteiger partial charge < -0.3 is 4.74 Å². The van der Waals surface area contributed by atoms with Crippen molar-refractivity contribution in [1.29, 1.82) is 0 Å². The van der Waals surface area contributed by atoms with Crippen LogP contribution in [0.2, 0.25) is 0 Å². The van der Waals surface area contributed by atoms with Crippen molar-refractivity contribution in [2.24, 2.45) is 11.8 Å². The van der Waals surface area contributed by atoms with E-state index in [1.165, 1.54) is 0 Å². The second kappa shape index (κ2) is 1.97. The normalized spacial score (nSPS) is 37.8. The lowest BCUT2D eigenvalue weighted by Crippen LogP contribution is -2.26. The summed E-state index contributed by atoms with van der Waals surface area (Å²) >= 11 is 0. The predicted octanol–water partition coefficient (Wildman–Crippen LogP) is 1.59. The summed E-state index contributed by atoms with van der Waals surface area (Å²) in [7, 11) is 0. The maximum absolute atomic E-state index is 11.0. The zero-order valence-corrected chi connectivity index (χ0v) is 6.97. The van der Waals surface area contributed by atoms with E-state index < -0.39 is 0 Å². The van der Waals surface area contributed by atoms with Crippen molar-refractivity contribution in [2.75, 3.05) is 0 Å². The Bertz CT molecular complexity index is 161. The van der Waals surface area contributed by atoms with Gasteiger partial charge in [-0.25, -0.2) is 0 Å². The first-order valence-corrected chi connectivity index (χ1v) is 3.68. The number of hydrogen-bond donors (Lipinski definition) is 0. The van der Waals surface area contributed by atoms with Crippen LogP contribution in [-0.2, 0) is 9.53 Å². The first kappa shape index (κ1) is 7.58. The molecule has 1 heterocycles. The fourth-order valence-corrected chi connectivity index (χ4v) is 1.25. The van der Waals surface area contributed by atoms with Gasteiger partial charge in [-0.15, -0.1) is 0 Å². The molecule has 0 aromatic heterocycles. The van der Waals surface area contributed by atoms with E-state index in [0.717, 1.165) is 0 Å². The van der Waals surface area contributed by atoms with E-state index in [-0.39, 0.29) is 17.5 Å². The third-order valence-electron chi connectivity index (χ3n) is 2.58. The van der Waals surface area contributed by atoms with Gasteiger partial charge in [0.25, 0.3) is 0 Å². The molecule has 0 radical (unpaired) electrons. The van der Waals surface area contributed by atoms with Crippen LogP contribution in [0.5, 0.6) is 0 Å². The van der Waals surface area contributed by atoms with Crippen LogP contribution in [-0.4, -0.2) is 11.6 Å². The van der Waals surface area contributed by atoms with Crippen LogP contribution in [0.15, 0.2) is 0 Å². The first-order valence-electron chi connectivity index (χ1n) is 3.68. The van der Waals surface area contributed by atoms with Gasteiger partial charge in [0.15, 0.2) is 0 Å². The lowest BCUT2D eigenvalue weighted by atomic mass is 9.86. The summed E-state index contributed by atoms with van der Waals surface area (Å²) in [4.78, 5) is 11.0. The molecule has 2 heteroatoms. The third-order valence-corrected chi connectivity index (χ3v) is 2.58. The van der Waals surface area contributed by atoms with Crippen molar-refractivity contribution in [1.82, 2.24) is 0 Å². The first-order chi connectivity index (χ1) is 4.45. The number of rotatable bonds is 0. The van der Waals surface area contributed by atoms with Crippen LogP contribution in [0.1, 0.15) is 27.7 Å². The molecule has 2 atom stereocenters. The monoisotopic (exact) mass is 142 g/mol. The average Bonchev–Trinajstić information content (AvgIpc) is 1.95. The Morgan fingerprint density at radius 1 is 1.40 bits per heavy atom. The smallest absolute Gasteiger partial charge is 0.309 e. The van der Waals surface area contributed by atoms with Crippen LogP contribution in [0, 0.1) is 11.8 Å². The van der Waals surface area contributed by atoms with Crippen LogP contribution in [0.4, 0.5) is 0 Å². The summed E-state index contributed by atoms with van der Waals surface area (Å²) in [6.07, 6.45) is 0. The van der Waals surface area contributed by atoms with Gasteiger partial charge >= 0.3 is 5.97 Å². The molecule has 0 aromatic carbocycles. The Balaban J connectivity index is 2.81. The molecule has 0 spiro atoms. The van der Waals surface area contributed by atoms with E-state index in [1.807, 2.05) is 20.8 Å². The Hall–Kier alpha value is -0.530. The van der Waals surface area contributed by atoms with E-state index in [4.69, 9.17) is 4.74 Å². The molecule has 1 saturated heterocycles. The van der Waals surface area contributed by atoms with Gasteiger partial charge in [-0.05, 0) is 13.8 Å². The lowest BCUT2D eigenvalue weighted by Gasteiger charge is -2.21. The predicted molar refractivity (Wildman–Crippen MR) is 38.5 cm³/mol. The average molecular weight is 142 g/mol. The van der Waals surface area contributed by atoms with Crippen LogP contribution in [0.25, 0.3) is 0 Å². The summed E-state index contributed by atoms with van der Waals surface area (Å²) in [5.41, 5.74) is -0.253. The minimum atomic E-state index is -0.253. The minimum absolute atomic E-state index is 0.0579. The van der Waals surface area contributed by atoms with Crippen molar-refractivity contribution >= 4 is 5.97 Å². The highest BCUT2D eigenvalue weighted by atomic mass is 16.6. The molecule has 1 aliphatic rings. The molecule has 0 aliphatic carbocycles. The van der Waals surface area contributed by atoms with E-state index in [0.29, 0.717) is 5.92 Å². The summed E-state index contributed by atoms with van der Waals surface area (Å²) in [5.74, 6) is 0.340. The van der Waals surface area contributed by atoms with Crippen LogP contribution < -0.4 is 0 Å². The quantitative estimate of drug-likeness (QED) is 0.480. The zero-order valence-electron chi connectivity index (χ0n) is 6.97. The van der Waals surface area contributed by atoms with Gasteiger partial charge in [-0.1, -0.05) is 13.8 Å². The summed E-state index contributed by atoms with van der Waals surface area (Å²) in [6, 6.07) is 0. The Morgan fingerprint density at radius 3 is 2.00 bits per heavy atom. The van der Waals surface area contributed by atoms with Crippen LogP contribution in [0.3, 0.4) is 0 Å². The molecule has 2 nitrogen and oxygen atoms in total. The van der Waals surface area contributed by atoms with Gasteiger partial charge in [-0.3, -0.25) is 4.79 Å². The van der Waals surface area contributed by atoms with Crippen molar-refractivity contribution in [3.05, 3.63) is 0 Å². The number of ether oxygens (including phenoxy) is 1. The molecule has 58 valence electrons. The van der Waals surface area contributed by atoms with E-state index in [9.17, 15) is 4.79 Å². The van der Waals surface area contributed by atoms with Crippen LogP contribution >= 0.6 is 0 Å². The van der Waals surface area contributed by atoms with E-state index >= 15 is 0 Å². The topological polar surface area (TPSA) is 26.3 Å². The molecule has 0 N–H and O–H groups in total. The van der Waals surface area contributed by atoms with E-state index in [2.05, 4.69) is 6.92 Å². The molecule has 1 rings (SSSR count). The fourth-order valence-electron chi connectivity index (χ4n) is 1.25. The minimum Gasteiger partial charge on any atom is -0.459 e. The third kappa shape index (κ3) is 0.917. The Labute approximate surface area is 61.6 Å². The molecule has 0 amide bonds. The molecular weight excluding hydrogens is 128 g/mol. The number of carbonyl (C=O) groups excluding carboxylic acids is 1. The van der Waals surface area contributed by atoms with E-state index in [1.54, 1.807) is 0 Å². The highest BCUT2D eigenvalue weighted by Gasteiger charge is 2.44. The summed E-state index contributed by atoms with van der Waals surface area (Å²) in [5, 5.41) is 0. The number of cyclic esters (lactones) is 1. The highest BCUT2D eigenvalue weighted by Crippen LogP contribution is 2.35. The molecule has 0 bridgehead atoms. The van der Waals surface area contributed by atoms with Gasteiger partial charge in [0, 0.05) is 5.92 Å². The second-order valence-corrected chi connectivity index (χ2v) is 3.60. The fraction of sp³-hybridized carbons (Fsp3) is 0.875. The molecule has 1 aliphatic heterocycles. The molecule has 0 unspecified atom stereocenters. The summed E-state index contributed by atoms with van der Waals surface area (Å²) < 4.78 is 5.13. The van der Waals surface area contributed by atoms with Crippen molar-refractivity contribution < 1.29 is 9.53 Å². The van der Waals surface area contributed by atoms with Crippen molar-refractivity contribution in [3.8, 4) is 0 Å². The largest absolute Gasteiger partial charge is 0.459 e. The maximum Gasteiger partial charge on any atom is 0.309 e. The zero-order chi connectivity index (χ0) is 7.94. The molecule has 10 heavy (non-hydrogen) atoms. The van der Waals surface area contributed by atoms with Gasteiger partial charge in [0.05, 0.1) is 5.92 Å². The SMILES string of the molecule is C[C@@H]1[C@@H](C)C(=O)OC1(C)C. The molecule has 0 aromatic rings. The van der Waals surface area contributed by atoms with Crippen molar-refractivity contribution in [3.63, 3.8) is 0 Å². The highest BCUT2D eigenvalue weighted by molar-refractivity contribution is 5.75. The molecule has 0 saturated carbocycles. The van der Waals surface area contributed by atoms with Crippen molar-refractivity contribution in [2.45, 2.75) is 33.3 Å². The lowest BCUT2D eigenvalue weighted by molar-refractivity contribution is -0.148. The molecule has 1 fully saturated rings. The number of hydrogen-bond acceptors (Lipinski definition) is 2. The number of carbonyl (C=O) groups is 1. The Morgan fingerprint density at radius 2 is 1.90 bits per heavy atom. The molecular formula is C8H14O2. The Kier molecular flexibility index (Phi) is 1.50. The number of esters is 1. The van der Waals surface area contributed by atoms with Gasteiger partial charge in [-0.2, -0.15) is 0 Å². The van der Waals surface area contributed by atoms with Gasteiger partial charge in [0.2, 0.25) is 0 Å². The maximum atomic E-state index is 11.0. The standard InChI is InChI=1S/C8H14O2/c1-5-6(2)8(3,4)10-7(5)9/h5-6H,1-4H3/t5-,6-/m1/s1. The summed E-state index contributed by atoms with van der Waals surface area (Å²) in [6.45, 7) is 7.88. The second-order valence-electron chi connectivity index (χ2n) is 3.60.